The number of amides is 1. The highest BCUT2D eigenvalue weighted by atomic mass is 19.4. The number of aromatic nitrogens is 2. The number of hydrogen-bond donors (Lipinski definition) is 2. The van der Waals surface area contributed by atoms with Crippen molar-refractivity contribution in [3.8, 4) is 11.1 Å². The highest BCUT2D eigenvalue weighted by Gasteiger charge is 2.31. The van der Waals surface area contributed by atoms with Gasteiger partial charge in [-0.15, -0.1) is 0 Å². The van der Waals surface area contributed by atoms with E-state index in [0.717, 1.165) is 54.9 Å². The number of carbonyl (C=O) groups is 1. The summed E-state index contributed by atoms with van der Waals surface area (Å²) >= 11 is 0. The second-order valence-electron chi connectivity index (χ2n) is 10.1. The quantitative estimate of drug-likeness (QED) is 0.403. The van der Waals surface area contributed by atoms with Crippen LogP contribution in [0.3, 0.4) is 0 Å². The van der Waals surface area contributed by atoms with Gasteiger partial charge in [-0.1, -0.05) is 30.3 Å². The monoisotopic (exact) mass is 524 g/mol. The number of ether oxygens (including phenoxy) is 1. The topological polar surface area (TPSA) is 90.1 Å². The first-order valence-electron chi connectivity index (χ1n) is 13.0. The van der Waals surface area contributed by atoms with Gasteiger partial charge in [-0.05, 0) is 73.1 Å². The van der Waals surface area contributed by atoms with Crippen LogP contribution in [0.4, 0.5) is 13.2 Å². The van der Waals surface area contributed by atoms with E-state index < -0.39 is 11.7 Å². The fourth-order valence-electron chi connectivity index (χ4n) is 4.83. The van der Waals surface area contributed by atoms with Gasteiger partial charge in [0.1, 0.15) is 11.5 Å². The molecule has 38 heavy (non-hydrogen) atoms. The minimum absolute atomic E-state index is 0.124. The van der Waals surface area contributed by atoms with E-state index >= 15 is 0 Å². The number of benzene rings is 2. The molecule has 1 aliphatic heterocycles. The van der Waals surface area contributed by atoms with Gasteiger partial charge in [0.25, 0.3) is 5.91 Å². The molecule has 2 aliphatic rings. The van der Waals surface area contributed by atoms with Crippen molar-refractivity contribution in [1.82, 2.24) is 15.3 Å². The van der Waals surface area contributed by atoms with Gasteiger partial charge in [-0.3, -0.25) is 4.79 Å². The predicted molar refractivity (Wildman–Crippen MR) is 137 cm³/mol. The summed E-state index contributed by atoms with van der Waals surface area (Å²) in [5.74, 6) is 1.05. The van der Waals surface area contributed by atoms with E-state index in [1.165, 1.54) is 6.07 Å². The van der Waals surface area contributed by atoms with Crippen molar-refractivity contribution in [3.05, 3.63) is 82.4 Å². The number of nitrogens with two attached hydrogens (primary N) is 1. The summed E-state index contributed by atoms with van der Waals surface area (Å²) in [6.07, 6.45) is -0.603. The molecule has 6 nitrogen and oxygen atoms in total. The Morgan fingerprint density at radius 1 is 1.03 bits per heavy atom. The van der Waals surface area contributed by atoms with Crippen molar-refractivity contribution in [2.45, 2.75) is 63.2 Å². The average molecular weight is 525 g/mol. The number of carbonyl (C=O) groups excluding carboxylic acids is 1. The SMILES string of the molecule is C[C@@H](NC(=O)c1cc(C2CCOCC2)nc(C2CC2)n1)c1ccc(-c2cc(C(F)(F)F)ccc2CN)cc1. The van der Waals surface area contributed by atoms with Crippen molar-refractivity contribution in [3.63, 3.8) is 0 Å². The molecule has 1 atom stereocenters. The Bertz CT molecular complexity index is 1300. The lowest BCUT2D eigenvalue weighted by atomic mass is 9.95. The summed E-state index contributed by atoms with van der Waals surface area (Å²) in [6.45, 7) is 3.37. The Hall–Kier alpha value is -3.30. The van der Waals surface area contributed by atoms with Gasteiger partial charge in [0, 0.05) is 37.3 Å². The summed E-state index contributed by atoms with van der Waals surface area (Å²) in [5.41, 5.74) is 8.86. The number of halogens is 3. The van der Waals surface area contributed by atoms with E-state index in [2.05, 4.69) is 10.3 Å². The molecular formula is C29H31F3N4O2. The Kier molecular flexibility index (Phi) is 7.49. The molecule has 3 aromatic rings. The molecule has 0 spiro atoms. The number of alkyl halides is 3. The highest BCUT2D eigenvalue weighted by molar-refractivity contribution is 5.92. The van der Waals surface area contributed by atoms with Gasteiger partial charge in [0.05, 0.1) is 11.6 Å². The van der Waals surface area contributed by atoms with Crippen LogP contribution >= 0.6 is 0 Å². The fraction of sp³-hybridized carbons (Fsp3) is 0.414. The molecule has 0 unspecified atom stereocenters. The second kappa shape index (κ2) is 10.8. The van der Waals surface area contributed by atoms with Crippen molar-refractivity contribution >= 4 is 5.91 Å². The van der Waals surface area contributed by atoms with Crippen LogP contribution in [0.1, 0.15) is 89.2 Å². The normalized spacial score (nSPS) is 17.3. The smallest absolute Gasteiger partial charge is 0.381 e. The third kappa shape index (κ3) is 5.89. The first-order chi connectivity index (χ1) is 18.2. The molecule has 5 rings (SSSR count). The van der Waals surface area contributed by atoms with Gasteiger partial charge in [0.2, 0.25) is 0 Å². The Morgan fingerprint density at radius 2 is 1.74 bits per heavy atom. The van der Waals surface area contributed by atoms with Crippen LogP contribution in [-0.4, -0.2) is 29.1 Å². The van der Waals surface area contributed by atoms with Gasteiger partial charge in [-0.2, -0.15) is 13.2 Å². The summed E-state index contributed by atoms with van der Waals surface area (Å²) in [6, 6.07) is 12.2. The largest absolute Gasteiger partial charge is 0.416 e. The van der Waals surface area contributed by atoms with Crippen LogP contribution in [0.25, 0.3) is 11.1 Å². The van der Waals surface area contributed by atoms with Crippen molar-refractivity contribution in [1.29, 1.82) is 0 Å². The Labute approximate surface area is 219 Å². The third-order valence-electron chi connectivity index (χ3n) is 7.30. The molecule has 1 saturated heterocycles. The minimum Gasteiger partial charge on any atom is -0.381 e. The molecule has 1 aliphatic carbocycles. The Morgan fingerprint density at radius 3 is 2.37 bits per heavy atom. The molecule has 3 N–H and O–H groups in total. The lowest BCUT2D eigenvalue weighted by Crippen LogP contribution is -2.28. The lowest BCUT2D eigenvalue weighted by Gasteiger charge is -2.22. The second-order valence-corrected chi connectivity index (χ2v) is 10.1. The molecule has 1 amide bonds. The number of nitrogens with zero attached hydrogens (tertiary/aromatic N) is 2. The zero-order valence-electron chi connectivity index (χ0n) is 21.2. The molecule has 2 fully saturated rings. The van der Waals surface area contributed by atoms with Crippen LogP contribution < -0.4 is 11.1 Å². The number of nitrogens with one attached hydrogen (secondary N) is 1. The lowest BCUT2D eigenvalue weighted by molar-refractivity contribution is -0.137. The number of hydrogen-bond acceptors (Lipinski definition) is 5. The zero-order chi connectivity index (χ0) is 26.9. The summed E-state index contributed by atoms with van der Waals surface area (Å²) in [4.78, 5) is 22.6. The summed E-state index contributed by atoms with van der Waals surface area (Å²) in [5, 5.41) is 3.02. The first kappa shape index (κ1) is 26.3. The molecule has 0 bridgehead atoms. The van der Waals surface area contributed by atoms with E-state index in [-0.39, 0.29) is 24.4 Å². The van der Waals surface area contributed by atoms with E-state index in [1.54, 1.807) is 18.2 Å². The maximum atomic E-state index is 13.3. The summed E-state index contributed by atoms with van der Waals surface area (Å²) < 4.78 is 45.3. The van der Waals surface area contributed by atoms with Crippen LogP contribution in [0, 0.1) is 0 Å². The van der Waals surface area contributed by atoms with Gasteiger partial charge in [0.15, 0.2) is 0 Å². The van der Waals surface area contributed by atoms with E-state index in [0.29, 0.717) is 41.5 Å². The Balaban J connectivity index is 1.34. The van der Waals surface area contributed by atoms with Gasteiger partial charge in [-0.25, -0.2) is 9.97 Å². The van der Waals surface area contributed by atoms with E-state index in [4.69, 9.17) is 15.5 Å². The molecule has 2 heterocycles. The van der Waals surface area contributed by atoms with Crippen LogP contribution in [0.15, 0.2) is 48.5 Å². The van der Waals surface area contributed by atoms with Crippen LogP contribution in [-0.2, 0) is 17.5 Å². The van der Waals surface area contributed by atoms with Crippen molar-refractivity contribution < 1.29 is 22.7 Å². The highest BCUT2D eigenvalue weighted by Crippen LogP contribution is 2.39. The molecule has 0 radical (unpaired) electrons. The van der Waals surface area contributed by atoms with Gasteiger partial charge < -0.3 is 15.8 Å². The molecular weight excluding hydrogens is 493 g/mol. The van der Waals surface area contributed by atoms with Gasteiger partial charge >= 0.3 is 6.18 Å². The standard InChI is InChI=1S/C29H31F3N4O2/c1-17(18-2-4-19(5-3-18)24-14-23(29(30,31)32)9-8-22(24)16-33)34-28(37)26-15-25(20-10-12-38-13-11-20)35-27(36-26)21-6-7-21/h2-5,8-9,14-15,17,20-21H,6-7,10-13,16,33H2,1H3,(H,34,37)/t17-/m1/s1. The molecule has 200 valence electrons. The maximum absolute atomic E-state index is 13.3. The molecule has 2 aromatic carbocycles. The predicted octanol–water partition coefficient (Wildman–Crippen LogP) is 5.88. The fourth-order valence-corrected chi connectivity index (χ4v) is 4.83. The van der Waals surface area contributed by atoms with Crippen LogP contribution in [0.2, 0.25) is 0 Å². The average Bonchev–Trinajstić information content (AvgIpc) is 3.78. The molecule has 1 aromatic heterocycles. The summed E-state index contributed by atoms with van der Waals surface area (Å²) in [7, 11) is 0. The third-order valence-corrected chi connectivity index (χ3v) is 7.30. The molecule has 1 saturated carbocycles. The zero-order valence-corrected chi connectivity index (χ0v) is 21.2. The minimum atomic E-state index is -4.44. The van der Waals surface area contributed by atoms with Crippen molar-refractivity contribution in [2.24, 2.45) is 5.73 Å². The van der Waals surface area contributed by atoms with Crippen LogP contribution in [0.5, 0.6) is 0 Å². The molecule has 9 heteroatoms. The number of rotatable bonds is 7. The van der Waals surface area contributed by atoms with E-state index in [1.807, 2.05) is 19.1 Å². The first-order valence-corrected chi connectivity index (χ1v) is 13.0. The van der Waals surface area contributed by atoms with E-state index in [9.17, 15) is 18.0 Å². The van der Waals surface area contributed by atoms with Crippen molar-refractivity contribution in [2.75, 3.05) is 13.2 Å². The maximum Gasteiger partial charge on any atom is 0.416 e.